The molecule has 2 aromatic rings. The normalized spacial score (nSPS) is 10.6. The van der Waals surface area contributed by atoms with E-state index in [0.717, 1.165) is 17.9 Å². The minimum atomic E-state index is 0.0732. The van der Waals surface area contributed by atoms with Crippen molar-refractivity contribution < 1.29 is 4.79 Å². The number of carbonyl (C=O) groups is 1. The van der Waals surface area contributed by atoms with E-state index in [1.54, 1.807) is 22.6 Å². The Kier molecular flexibility index (Phi) is 4.74. The molecule has 0 fully saturated rings. The summed E-state index contributed by atoms with van der Waals surface area (Å²) in [6.07, 6.45) is 2.49. The largest absolute Gasteiger partial charge is 0.291 e. The van der Waals surface area contributed by atoms with Crippen LogP contribution in [-0.4, -0.2) is 26.5 Å². The fourth-order valence-electron chi connectivity index (χ4n) is 1.71. The summed E-state index contributed by atoms with van der Waals surface area (Å²) in [6, 6.07) is 8.18. The van der Waals surface area contributed by atoms with Crippen LogP contribution in [0.15, 0.2) is 35.4 Å². The Morgan fingerprint density at radius 1 is 1.32 bits per heavy atom. The molecule has 5 heteroatoms. The standard InChI is InChI=1S/C14H17N3OS/c1-3-8-17-13(9-15-16-17)14(18)10-19-12-6-4-11(2)5-7-12/h4-7,9H,3,8,10H2,1-2H3. The van der Waals surface area contributed by atoms with Crippen LogP contribution in [0.1, 0.15) is 29.4 Å². The predicted molar refractivity (Wildman–Crippen MR) is 76.5 cm³/mol. The van der Waals surface area contributed by atoms with Crippen molar-refractivity contribution >= 4 is 17.5 Å². The van der Waals surface area contributed by atoms with E-state index in [0.29, 0.717) is 11.4 Å². The number of thioether (sulfide) groups is 1. The Hall–Kier alpha value is -1.62. The molecular formula is C14H17N3OS. The average Bonchev–Trinajstić information content (AvgIpc) is 2.86. The van der Waals surface area contributed by atoms with Crippen LogP contribution in [0.3, 0.4) is 0 Å². The zero-order valence-electron chi connectivity index (χ0n) is 11.2. The highest BCUT2D eigenvalue weighted by Gasteiger charge is 2.12. The Labute approximate surface area is 117 Å². The first-order chi connectivity index (χ1) is 9.20. The summed E-state index contributed by atoms with van der Waals surface area (Å²) < 4.78 is 1.68. The summed E-state index contributed by atoms with van der Waals surface area (Å²) in [5.41, 5.74) is 1.82. The monoisotopic (exact) mass is 275 g/mol. The van der Waals surface area contributed by atoms with Crippen molar-refractivity contribution in [2.45, 2.75) is 31.7 Å². The van der Waals surface area contributed by atoms with Gasteiger partial charge in [0.05, 0.1) is 11.9 Å². The SMILES string of the molecule is CCCn1nncc1C(=O)CSc1ccc(C)cc1. The van der Waals surface area contributed by atoms with Crippen LogP contribution in [0.4, 0.5) is 0 Å². The molecule has 0 saturated heterocycles. The van der Waals surface area contributed by atoms with Gasteiger partial charge in [-0.25, -0.2) is 4.68 Å². The number of aromatic nitrogens is 3. The van der Waals surface area contributed by atoms with E-state index in [4.69, 9.17) is 0 Å². The lowest BCUT2D eigenvalue weighted by atomic mass is 10.2. The molecule has 0 spiro atoms. The molecule has 4 nitrogen and oxygen atoms in total. The van der Waals surface area contributed by atoms with Gasteiger partial charge in [-0.1, -0.05) is 29.8 Å². The van der Waals surface area contributed by atoms with Crippen LogP contribution >= 0.6 is 11.8 Å². The summed E-state index contributed by atoms with van der Waals surface area (Å²) in [6.45, 7) is 4.84. The number of hydrogen-bond acceptors (Lipinski definition) is 4. The molecule has 2 rings (SSSR count). The fraction of sp³-hybridized carbons (Fsp3) is 0.357. The van der Waals surface area contributed by atoms with E-state index in [9.17, 15) is 4.79 Å². The molecule has 0 radical (unpaired) electrons. The van der Waals surface area contributed by atoms with Crippen LogP contribution in [0.25, 0.3) is 0 Å². The number of aryl methyl sites for hydroxylation is 2. The van der Waals surface area contributed by atoms with Gasteiger partial charge in [0.2, 0.25) is 0 Å². The van der Waals surface area contributed by atoms with Gasteiger partial charge >= 0.3 is 0 Å². The van der Waals surface area contributed by atoms with Crippen molar-refractivity contribution in [2.24, 2.45) is 0 Å². The van der Waals surface area contributed by atoms with E-state index < -0.39 is 0 Å². The molecule has 0 aliphatic rings. The smallest absolute Gasteiger partial charge is 0.192 e. The Balaban J connectivity index is 1.97. The van der Waals surface area contributed by atoms with Gasteiger partial charge in [-0.3, -0.25) is 4.79 Å². The summed E-state index contributed by atoms with van der Waals surface area (Å²) in [5.74, 6) is 0.490. The molecule has 0 aliphatic heterocycles. The van der Waals surface area contributed by atoms with Gasteiger partial charge in [-0.2, -0.15) is 0 Å². The average molecular weight is 275 g/mol. The van der Waals surface area contributed by atoms with E-state index in [2.05, 4.69) is 36.3 Å². The van der Waals surface area contributed by atoms with Crippen LogP contribution in [0.5, 0.6) is 0 Å². The summed E-state index contributed by atoms with van der Waals surface area (Å²) in [7, 11) is 0. The zero-order chi connectivity index (χ0) is 13.7. The summed E-state index contributed by atoms with van der Waals surface area (Å²) in [5, 5.41) is 7.74. The lowest BCUT2D eigenvalue weighted by molar-refractivity contribution is 0.101. The van der Waals surface area contributed by atoms with Crippen LogP contribution < -0.4 is 0 Å². The molecular weight excluding hydrogens is 258 g/mol. The predicted octanol–water partition coefficient (Wildman–Crippen LogP) is 2.97. The van der Waals surface area contributed by atoms with Crippen LogP contribution in [-0.2, 0) is 6.54 Å². The van der Waals surface area contributed by atoms with Gasteiger partial charge in [-0.05, 0) is 25.5 Å². The number of carbonyl (C=O) groups excluding carboxylic acids is 1. The van der Waals surface area contributed by atoms with Gasteiger partial charge < -0.3 is 0 Å². The number of Topliss-reactive ketones (excluding diaryl/α,β-unsaturated/α-hetero) is 1. The lowest BCUT2D eigenvalue weighted by Crippen LogP contribution is -2.12. The number of ketones is 1. The molecule has 19 heavy (non-hydrogen) atoms. The van der Waals surface area contributed by atoms with Crippen molar-refractivity contribution in [1.29, 1.82) is 0 Å². The third-order valence-electron chi connectivity index (χ3n) is 2.73. The first-order valence-corrected chi connectivity index (χ1v) is 7.30. The zero-order valence-corrected chi connectivity index (χ0v) is 12.0. The molecule has 0 bridgehead atoms. The Bertz CT molecular complexity index is 548. The van der Waals surface area contributed by atoms with Gasteiger partial charge in [0.15, 0.2) is 5.78 Å². The number of benzene rings is 1. The second-order valence-corrected chi connectivity index (χ2v) is 5.42. The molecule has 0 unspecified atom stereocenters. The van der Waals surface area contributed by atoms with E-state index in [1.165, 1.54) is 5.56 Å². The van der Waals surface area contributed by atoms with E-state index in [-0.39, 0.29) is 5.78 Å². The topological polar surface area (TPSA) is 47.8 Å². The molecule has 0 aliphatic carbocycles. The highest BCUT2D eigenvalue weighted by atomic mass is 32.2. The molecule has 1 aromatic carbocycles. The second kappa shape index (κ2) is 6.52. The maximum atomic E-state index is 12.1. The third kappa shape index (κ3) is 3.67. The van der Waals surface area contributed by atoms with Gasteiger partial charge in [0, 0.05) is 11.4 Å². The Morgan fingerprint density at radius 3 is 2.74 bits per heavy atom. The maximum absolute atomic E-state index is 12.1. The molecule has 0 amide bonds. The lowest BCUT2D eigenvalue weighted by Gasteiger charge is -2.04. The summed E-state index contributed by atoms with van der Waals surface area (Å²) >= 11 is 1.54. The highest BCUT2D eigenvalue weighted by Crippen LogP contribution is 2.19. The second-order valence-electron chi connectivity index (χ2n) is 4.37. The molecule has 0 atom stereocenters. The van der Waals surface area contributed by atoms with Crippen molar-refractivity contribution in [2.75, 3.05) is 5.75 Å². The fourth-order valence-corrected chi connectivity index (χ4v) is 2.48. The molecule has 100 valence electrons. The third-order valence-corrected chi connectivity index (χ3v) is 3.74. The van der Waals surface area contributed by atoms with Crippen LogP contribution in [0, 0.1) is 6.92 Å². The maximum Gasteiger partial charge on any atom is 0.192 e. The molecule has 0 saturated carbocycles. The van der Waals surface area contributed by atoms with Crippen molar-refractivity contribution in [3.05, 3.63) is 41.7 Å². The van der Waals surface area contributed by atoms with E-state index in [1.807, 2.05) is 12.1 Å². The van der Waals surface area contributed by atoms with E-state index >= 15 is 0 Å². The molecule has 1 heterocycles. The van der Waals surface area contributed by atoms with Gasteiger partial charge in [-0.15, -0.1) is 16.9 Å². The number of nitrogens with zero attached hydrogens (tertiary/aromatic N) is 3. The number of hydrogen-bond donors (Lipinski definition) is 0. The summed E-state index contributed by atoms with van der Waals surface area (Å²) in [4.78, 5) is 13.2. The van der Waals surface area contributed by atoms with Crippen molar-refractivity contribution in [3.8, 4) is 0 Å². The molecule has 1 aromatic heterocycles. The molecule has 0 N–H and O–H groups in total. The minimum Gasteiger partial charge on any atom is -0.291 e. The first-order valence-electron chi connectivity index (χ1n) is 6.32. The van der Waals surface area contributed by atoms with Crippen molar-refractivity contribution in [1.82, 2.24) is 15.0 Å². The Morgan fingerprint density at radius 2 is 2.05 bits per heavy atom. The van der Waals surface area contributed by atoms with Crippen LogP contribution in [0.2, 0.25) is 0 Å². The highest BCUT2D eigenvalue weighted by molar-refractivity contribution is 8.00. The van der Waals surface area contributed by atoms with Gasteiger partial charge in [0.1, 0.15) is 5.69 Å². The first kappa shape index (κ1) is 13.8. The van der Waals surface area contributed by atoms with Crippen molar-refractivity contribution in [3.63, 3.8) is 0 Å². The minimum absolute atomic E-state index is 0.0732. The number of rotatable bonds is 6. The quantitative estimate of drug-likeness (QED) is 0.600. The van der Waals surface area contributed by atoms with Gasteiger partial charge in [0.25, 0.3) is 0 Å².